The third-order valence-corrected chi connectivity index (χ3v) is 5.21. The summed E-state index contributed by atoms with van der Waals surface area (Å²) in [6.45, 7) is 3.10. The highest BCUT2D eigenvalue weighted by atomic mass is 32.1. The molecule has 3 aromatic carbocycles. The van der Waals surface area contributed by atoms with Gasteiger partial charge in [0.2, 0.25) is 4.77 Å². The summed E-state index contributed by atoms with van der Waals surface area (Å²) in [5.41, 5.74) is 7.58. The van der Waals surface area contributed by atoms with Gasteiger partial charge in [-0.25, -0.2) is 9.77 Å². The molecule has 0 amide bonds. The van der Waals surface area contributed by atoms with E-state index < -0.39 is 0 Å². The van der Waals surface area contributed by atoms with E-state index >= 15 is 0 Å². The number of benzene rings is 3. The fourth-order valence-electron chi connectivity index (χ4n) is 3.25. The van der Waals surface area contributed by atoms with Gasteiger partial charge in [-0.1, -0.05) is 60.2 Å². The zero-order chi connectivity index (χ0) is 21.6. The molecule has 2 N–H and O–H groups in total. The van der Waals surface area contributed by atoms with Crippen molar-refractivity contribution in [3.8, 4) is 22.9 Å². The van der Waals surface area contributed by atoms with Crippen molar-refractivity contribution in [3.05, 3.63) is 94.3 Å². The molecule has 7 heteroatoms. The van der Waals surface area contributed by atoms with Gasteiger partial charge >= 0.3 is 0 Å². The Balaban J connectivity index is 1.52. The Morgan fingerprint density at radius 3 is 2.45 bits per heavy atom. The average Bonchev–Trinajstić information content (AvgIpc) is 3.17. The number of para-hydroxylation sites is 2. The first-order valence-corrected chi connectivity index (χ1v) is 10.4. The van der Waals surface area contributed by atoms with Gasteiger partial charge in [0, 0.05) is 5.56 Å². The van der Waals surface area contributed by atoms with Crippen LogP contribution in [0.5, 0.6) is 11.5 Å². The Morgan fingerprint density at radius 2 is 1.68 bits per heavy atom. The lowest BCUT2D eigenvalue weighted by Crippen LogP contribution is -2.16. The van der Waals surface area contributed by atoms with E-state index in [1.165, 1.54) is 5.56 Å². The molecule has 158 valence electrons. The number of hydrogen-bond donors (Lipinski definition) is 2. The van der Waals surface area contributed by atoms with Crippen molar-refractivity contribution in [3.63, 3.8) is 0 Å². The van der Waals surface area contributed by atoms with Gasteiger partial charge in [0.05, 0.1) is 19.2 Å². The number of aromatic nitrogens is 3. The van der Waals surface area contributed by atoms with Crippen molar-refractivity contribution >= 4 is 12.2 Å². The van der Waals surface area contributed by atoms with E-state index in [0.29, 0.717) is 23.7 Å². The molecule has 4 rings (SSSR count). The predicted octanol–water partition coefficient (Wildman–Crippen LogP) is 5.25. The molecular formula is C24H24N4O2S. The van der Waals surface area contributed by atoms with Crippen LogP contribution < -0.4 is 14.9 Å². The summed E-state index contributed by atoms with van der Waals surface area (Å²) >= 11 is 5.44. The molecule has 0 radical (unpaired) electrons. The molecule has 0 aliphatic rings. The Bertz CT molecular complexity index is 1210. The maximum atomic E-state index is 6.10. The first kappa shape index (κ1) is 20.7. The maximum absolute atomic E-state index is 6.10. The second kappa shape index (κ2) is 9.49. The number of ether oxygens (including phenoxy) is 2. The van der Waals surface area contributed by atoms with E-state index in [1.807, 2.05) is 48.5 Å². The maximum Gasteiger partial charge on any atom is 0.214 e. The van der Waals surface area contributed by atoms with E-state index in [0.717, 1.165) is 28.2 Å². The van der Waals surface area contributed by atoms with Gasteiger partial charge in [-0.2, -0.15) is 5.10 Å². The van der Waals surface area contributed by atoms with E-state index in [1.54, 1.807) is 11.8 Å². The number of aromatic amines is 1. The first-order chi connectivity index (χ1) is 15.2. The molecule has 0 spiro atoms. The highest BCUT2D eigenvalue weighted by Crippen LogP contribution is 2.28. The minimum absolute atomic E-state index is 0.471. The number of H-pyrrole nitrogens is 1. The summed E-state index contributed by atoms with van der Waals surface area (Å²) in [5.74, 6) is 2.20. The molecule has 0 atom stereocenters. The van der Waals surface area contributed by atoms with Gasteiger partial charge in [0.1, 0.15) is 18.1 Å². The van der Waals surface area contributed by atoms with Gasteiger partial charge in [-0.15, -0.1) is 0 Å². The number of rotatable bonds is 8. The van der Waals surface area contributed by atoms with Crippen LogP contribution in [0.25, 0.3) is 11.4 Å². The molecule has 0 bridgehead atoms. The van der Waals surface area contributed by atoms with Crippen LogP contribution in [0.4, 0.5) is 0 Å². The molecule has 1 heterocycles. The van der Waals surface area contributed by atoms with Crippen molar-refractivity contribution in [2.24, 2.45) is 0 Å². The number of methoxy groups -OCH3 is 1. The van der Waals surface area contributed by atoms with Crippen LogP contribution in [-0.4, -0.2) is 22.0 Å². The average molecular weight is 433 g/mol. The molecule has 0 aliphatic heterocycles. The van der Waals surface area contributed by atoms with Gasteiger partial charge in [-0.3, -0.25) is 0 Å². The molecule has 0 saturated heterocycles. The third kappa shape index (κ3) is 4.78. The SMILES string of the molecule is COc1ccccc1-c1n[nH]c(=S)n1NCc1ccccc1OCc1ccc(C)cc1. The Morgan fingerprint density at radius 1 is 0.968 bits per heavy atom. The number of nitrogens with zero attached hydrogens (tertiary/aromatic N) is 2. The molecule has 0 fully saturated rings. The second-order valence-corrected chi connectivity index (χ2v) is 7.49. The van der Waals surface area contributed by atoms with E-state index in [-0.39, 0.29) is 0 Å². The van der Waals surface area contributed by atoms with Crippen LogP contribution >= 0.6 is 12.2 Å². The topological polar surface area (TPSA) is 64.1 Å². The molecule has 0 unspecified atom stereocenters. The monoisotopic (exact) mass is 432 g/mol. The normalized spacial score (nSPS) is 10.6. The summed E-state index contributed by atoms with van der Waals surface area (Å²) in [7, 11) is 1.64. The minimum atomic E-state index is 0.471. The van der Waals surface area contributed by atoms with E-state index in [4.69, 9.17) is 21.7 Å². The lowest BCUT2D eigenvalue weighted by atomic mass is 10.1. The number of aryl methyl sites for hydroxylation is 1. The first-order valence-electron chi connectivity index (χ1n) is 9.96. The molecule has 0 saturated carbocycles. The van der Waals surface area contributed by atoms with Gasteiger partial charge in [-0.05, 0) is 42.9 Å². The summed E-state index contributed by atoms with van der Waals surface area (Å²) in [4.78, 5) is 0. The fraction of sp³-hybridized carbons (Fsp3) is 0.167. The van der Waals surface area contributed by atoms with Crippen molar-refractivity contribution in [1.29, 1.82) is 0 Å². The summed E-state index contributed by atoms with van der Waals surface area (Å²) < 4.78 is 13.8. The predicted molar refractivity (Wildman–Crippen MR) is 124 cm³/mol. The minimum Gasteiger partial charge on any atom is -0.496 e. The van der Waals surface area contributed by atoms with Crippen LogP contribution in [0.15, 0.2) is 72.8 Å². The van der Waals surface area contributed by atoms with Crippen molar-refractivity contribution in [1.82, 2.24) is 14.9 Å². The largest absolute Gasteiger partial charge is 0.496 e. The number of nitrogens with one attached hydrogen (secondary N) is 2. The zero-order valence-corrected chi connectivity index (χ0v) is 18.3. The summed E-state index contributed by atoms with van der Waals surface area (Å²) in [5, 5.41) is 7.24. The van der Waals surface area contributed by atoms with Gasteiger partial charge in [0.25, 0.3) is 0 Å². The fourth-order valence-corrected chi connectivity index (χ4v) is 3.45. The second-order valence-electron chi connectivity index (χ2n) is 7.10. The molecular weight excluding hydrogens is 408 g/mol. The van der Waals surface area contributed by atoms with Gasteiger partial charge in [0.15, 0.2) is 5.82 Å². The van der Waals surface area contributed by atoms with Crippen molar-refractivity contribution < 1.29 is 9.47 Å². The highest BCUT2D eigenvalue weighted by Gasteiger charge is 2.14. The van der Waals surface area contributed by atoms with E-state index in [9.17, 15) is 0 Å². The Labute approximate surface area is 186 Å². The Hall–Kier alpha value is -3.58. The Kier molecular flexibility index (Phi) is 6.33. The lowest BCUT2D eigenvalue weighted by Gasteiger charge is -2.15. The quantitative estimate of drug-likeness (QED) is 0.373. The molecule has 1 aromatic heterocycles. The van der Waals surface area contributed by atoms with Crippen molar-refractivity contribution in [2.45, 2.75) is 20.1 Å². The van der Waals surface area contributed by atoms with Crippen molar-refractivity contribution in [2.75, 3.05) is 12.5 Å². The lowest BCUT2D eigenvalue weighted by molar-refractivity contribution is 0.303. The summed E-state index contributed by atoms with van der Waals surface area (Å²) in [6, 6.07) is 24.0. The molecule has 6 nitrogen and oxygen atoms in total. The van der Waals surface area contributed by atoms with Crippen LogP contribution in [0.2, 0.25) is 0 Å². The smallest absolute Gasteiger partial charge is 0.214 e. The highest BCUT2D eigenvalue weighted by molar-refractivity contribution is 7.71. The van der Waals surface area contributed by atoms with Crippen LogP contribution in [0, 0.1) is 11.7 Å². The van der Waals surface area contributed by atoms with Gasteiger partial charge < -0.3 is 14.9 Å². The number of hydrogen-bond acceptors (Lipinski definition) is 5. The zero-order valence-electron chi connectivity index (χ0n) is 17.5. The van der Waals surface area contributed by atoms with Crippen LogP contribution in [-0.2, 0) is 13.2 Å². The van der Waals surface area contributed by atoms with E-state index in [2.05, 4.69) is 46.8 Å². The molecule has 4 aromatic rings. The third-order valence-electron chi connectivity index (χ3n) is 4.94. The van der Waals surface area contributed by atoms with Crippen LogP contribution in [0.3, 0.4) is 0 Å². The molecule has 31 heavy (non-hydrogen) atoms. The standard InChI is InChI=1S/C24H24N4O2S/c1-17-11-13-18(14-12-17)16-30-21-9-5-3-7-19(21)15-25-28-23(26-27-24(28)31)20-8-4-6-10-22(20)29-2/h3-14,25H,15-16H2,1-2H3,(H,27,31). The molecule has 0 aliphatic carbocycles. The van der Waals surface area contributed by atoms with Crippen LogP contribution in [0.1, 0.15) is 16.7 Å². The summed E-state index contributed by atoms with van der Waals surface area (Å²) in [6.07, 6.45) is 0.